The number of rotatable bonds is 7. The maximum absolute atomic E-state index is 13.1. The highest BCUT2D eigenvalue weighted by atomic mass is 79.9. The molecule has 0 radical (unpaired) electrons. The predicted octanol–water partition coefficient (Wildman–Crippen LogP) is 5.37. The Kier molecular flexibility index (Phi) is 7.69. The van der Waals surface area contributed by atoms with Gasteiger partial charge < -0.3 is 9.47 Å². The molecule has 1 saturated heterocycles. The van der Waals surface area contributed by atoms with Crippen LogP contribution in [0.1, 0.15) is 11.1 Å². The molecule has 0 saturated carbocycles. The lowest BCUT2D eigenvalue weighted by Crippen LogP contribution is -2.54. The van der Waals surface area contributed by atoms with E-state index in [1.807, 2.05) is 0 Å². The average molecular weight is 631 g/mol. The summed E-state index contributed by atoms with van der Waals surface area (Å²) >= 11 is 6.72. The number of urea groups is 1. The largest absolute Gasteiger partial charge is 0.493 e. The average Bonchev–Trinajstić information content (AvgIpc) is 2.87. The number of carbonyl (C=O) groups excluding carboxylic acids is 3. The van der Waals surface area contributed by atoms with E-state index in [1.54, 1.807) is 48.5 Å². The van der Waals surface area contributed by atoms with Gasteiger partial charge in [-0.1, -0.05) is 44.0 Å². The lowest BCUT2D eigenvalue weighted by molar-refractivity contribution is -0.384. The molecule has 1 N–H and O–H groups in total. The number of ether oxygens (including phenoxy) is 2. The first-order valence-corrected chi connectivity index (χ1v) is 12.2. The molecule has 0 aliphatic carbocycles. The minimum atomic E-state index is -0.851. The zero-order valence-electron chi connectivity index (χ0n) is 19.1. The van der Waals surface area contributed by atoms with E-state index in [0.717, 1.165) is 9.37 Å². The Morgan fingerprint density at radius 1 is 1.03 bits per heavy atom. The van der Waals surface area contributed by atoms with Crippen molar-refractivity contribution in [2.75, 3.05) is 12.0 Å². The summed E-state index contributed by atoms with van der Waals surface area (Å²) < 4.78 is 12.5. The molecular formula is C25H17Br2N3O7. The minimum absolute atomic E-state index is 0.0378. The van der Waals surface area contributed by atoms with Crippen molar-refractivity contribution < 1.29 is 28.8 Å². The first-order chi connectivity index (χ1) is 17.7. The SMILES string of the molecule is COc1cc(/C=C2\C(=O)NC(=O)N(c3ccc(Br)cc3)C2=O)c(Br)cc1OCc1cccc([N+](=O)[O-])c1. The van der Waals surface area contributed by atoms with E-state index < -0.39 is 22.8 Å². The van der Waals surface area contributed by atoms with Crippen LogP contribution in [0.5, 0.6) is 11.5 Å². The number of amides is 4. The van der Waals surface area contributed by atoms with Crippen LogP contribution in [0.15, 0.2) is 75.2 Å². The number of imide groups is 2. The predicted molar refractivity (Wildman–Crippen MR) is 141 cm³/mol. The number of halogens is 2. The van der Waals surface area contributed by atoms with Crippen LogP contribution >= 0.6 is 31.9 Å². The van der Waals surface area contributed by atoms with Gasteiger partial charge in [0.25, 0.3) is 17.5 Å². The van der Waals surface area contributed by atoms with E-state index in [2.05, 4.69) is 37.2 Å². The molecule has 0 aromatic heterocycles. The van der Waals surface area contributed by atoms with Crippen LogP contribution in [0.2, 0.25) is 0 Å². The lowest BCUT2D eigenvalue weighted by Gasteiger charge is -2.26. The van der Waals surface area contributed by atoms with Gasteiger partial charge in [0.05, 0.1) is 17.7 Å². The maximum Gasteiger partial charge on any atom is 0.335 e. The molecule has 1 aliphatic heterocycles. The number of methoxy groups -OCH3 is 1. The fourth-order valence-electron chi connectivity index (χ4n) is 3.49. The maximum atomic E-state index is 13.1. The van der Waals surface area contributed by atoms with Crippen molar-refractivity contribution >= 4 is 67.2 Å². The van der Waals surface area contributed by atoms with E-state index in [4.69, 9.17) is 9.47 Å². The van der Waals surface area contributed by atoms with Gasteiger partial charge in [-0.15, -0.1) is 0 Å². The monoisotopic (exact) mass is 629 g/mol. The van der Waals surface area contributed by atoms with Gasteiger partial charge >= 0.3 is 6.03 Å². The Bertz CT molecular complexity index is 1460. The summed E-state index contributed by atoms with van der Waals surface area (Å²) in [6.07, 6.45) is 1.34. The van der Waals surface area contributed by atoms with Crippen LogP contribution in [-0.2, 0) is 16.2 Å². The van der Waals surface area contributed by atoms with Gasteiger partial charge in [-0.25, -0.2) is 9.69 Å². The molecule has 1 heterocycles. The van der Waals surface area contributed by atoms with Gasteiger partial charge in [-0.2, -0.15) is 0 Å². The van der Waals surface area contributed by atoms with Crippen LogP contribution in [0.4, 0.5) is 16.2 Å². The number of benzene rings is 3. The van der Waals surface area contributed by atoms with Gasteiger partial charge in [0.1, 0.15) is 12.2 Å². The standard InChI is InChI=1S/C25H17Br2N3O7/c1-36-21-11-15(20(27)12-22(21)37-13-14-3-2-4-18(9-14)30(34)35)10-19-23(31)28-25(33)29(24(19)32)17-7-5-16(26)6-8-17/h2-12H,13H2,1H3,(H,28,31,33)/b19-10+. The molecule has 188 valence electrons. The fraction of sp³-hybridized carbons (Fsp3) is 0.0800. The fourth-order valence-corrected chi connectivity index (χ4v) is 4.19. The second-order valence-electron chi connectivity index (χ2n) is 7.67. The molecule has 10 nitrogen and oxygen atoms in total. The van der Waals surface area contributed by atoms with Crippen molar-refractivity contribution in [3.05, 3.63) is 96.4 Å². The Hall–Kier alpha value is -4.03. The van der Waals surface area contributed by atoms with Crippen molar-refractivity contribution in [3.63, 3.8) is 0 Å². The first-order valence-electron chi connectivity index (χ1n) is 10.6. The van der Waals surface area contributed by atoms with Crippen molar-refractivity contribution in [2.24, 2.45) is 0 Å². The van der Waals surface area contributed by atoms with Crippen molar-refractivity contribution in [2.45, 2.75) is 6.61 Å². The summed E-state index contributed by atoms with van der Waals surface area (Å²) in [7, 11) is 1.42. The second-order valence-corrected chi connectivity index (χ2v) is 9.44. The summed E-state index contributed by atoms with van der Waals surface area (Å²) in [5, 5.41) is 13.2. The number of hydrogen-bond donors (Lipinski definition) is 1. The quantitative estimate of drug-likeness (QED) is 0.161. The molecule has 3 aromatic carbocycles. The van der Waals surface area contributed by atoms with Gasteiger partial charge in [-0.3, -0.25) is 25.0 Å². The number of anilines is 1. The highest BCUT2D eigenvalue weighted by molar-refractivity contribution is 9.10. The van der Waals surface area contributed by atoms with E-state index >= 15 is 0 Å². The number of nitro groups is 1. The van der Waals surface area contributed by atoms with Gasteiger partial charge in [0.15, 0.2) is 11.5 Å². The summed E-state index contributed by atoms with van der Waals surface area (Å²) in [6, 6.07) is 14.8. The highest BCUT2D eigenvalue weighted by Crippen LogP contribution is 2.36. The van der Waals surface area contributed by atoms with Crippen LogP contribution < -0.4 is 19.7 Å². The van der Waals surface area contributed by atoms with Gasteiger partial charge in [0, 0.05) is 21.1 Å². The molecule has 0 unspecified atom stereocenters. The molecule has 0 spiro atoms. The minimum Gasteiger partial charge on any atom is -0.493 e. The molecule has 37 heavy (non-hydrogen) atoms. The molecule has 4 rings (SSSR count). The van der Waals surface area contributed by atoms with E-state index in [0.29, 0.717) is 32.8 Å². The molecule has 1 fully saturated rings. The molecular weight excluding hydrogens is 614 g/mol. The van der Waals surface area contributed by atoms with Crippen LogP contribution in [-0.4, -0.2) is 29.9 Å². The third-order valence-corrected chi connectivity index (χ3v) is 6.50. The number of carbonyl (C=O) groups is 3. The molecule has 1 aliphatic rings. The zero-order valence-corrected chi connectivity index (χ0v) is 22.2. The smallest absolute Gasteiger partial charge is 0.335 e. The summed E-state index contributed by atoms with van der Waals surface area (Å²) in [5.74, 6) is -0.993. The number of nitrogens with one attached hydrogen (secondary N) is 1. The Morgan fingerprint density at radius 3 is 2.43 bits per heavy atom. The van der Waals surface area contributed by atoms with E-state index in [1.165, 1.54) is 25.3 Å². The van der Waals surface area contributed by atoms with Crippen molar-refractivity contribution in [1.29, 1.82) is 0 Å². The van der Waals surface area contributed by atoms with Crippen molar-refractivity contribution in [3.8, 4) is 11.5 Å². The second kappa shape index (κ2) is 10.9. The number of barbiturate groups is 1. The third-order valence-electron chi connectivity index (χ3n) is 5.29. The number of nitro benzene ring substituents is 1. The zero-order chi connectivity index (χ0) is 26.7. The Morgan fingerprint density at radius 2 is 1.76 bits per heavy atom. The topological polar surface area (TPSA) is 128 Å². The summed E-state index contributed by atoms with van der Waals surface area (Å²) in [4.78, 5) is 49.5. The molecule has 4 amide bonds. The molecule has 12 heteroatoms. The van der Waals surface area contributed by atoms with Crippen LogP contribution in [0.3, 0.4) is 0 Å². The molecule has 0 bridgehead atoms. The Labute approximate surface area is 227 Å². The third kappa shape index (κ3) is 5.70. The molecule has 0 atom stereocenters. The summed E-state index contributed by atoms with van der Waals surface area (Å²) in [6.45, 7) is 0.0378. The van der Waals surface area contributed by atoms with Crippen molar-refractivity contribution in [1.82, 2.24) is 5.32 Å². The van der Waals surface area contributed by atoms with E-state index in [9.17, 15) is 24.5 Å². The van der Waals surface area contributed by atoms with Crippen LogP contribution in [0, 0.1) is 10.1 Å². The normalized spacial score (nSPS) is 14.5. The number of nitrogens with zero attached hydrogens (tertiary/aromatic N) is 2. The lowest BCUT2D eigenvalue weighted by atomic mass is 10.1. The van der Waals surface area contributed by atoms with E-state index in [-0.39, 0.29) is 17.9 Å². The van der Waals surface area contributed by atoms with Crippen LogP contribution in [0.25, 0.3) is 6.08 Å². The number of hydrogen-bond acceptors (Lipinski definition) is 7. The Balaban J connectivity index is 1.62. The summed E-state index contributed by atoms with van der Waals surface area (Å²) in [5.41, 5.74) is 0.993. The van der Waals surface area contributed by atoms with Gasteiger partial charge in [-0.05, 0) is 53.6 Å². The number of non-ortho nitro benzene ring substituents is 1. The first kappa shape index (κ1) is 26.0. The molecule has 3 aromatic rings. The van der Waals surface area contributed by atoms with Gasteiger partial charge in [0.2, 0.25) is 0 Å². The highest BCUT2D eigenvalue weighted by Gasteiger charge is 2.37.